The van der Waals surface area contributed by atoms with Crippen molar-refractivity contribution in [2.45, 2.75) is 19.4 Å². The van der Waals surface area contributed by atoms with Crippen molar-refractivity contribution in [2.75, 3.05) is 6.61 Å². The van der Waals surface area contributed by atoms with Gasteiger partial charge < -0.3 is 4.74 Å². The summed E-state index contributed by atoms with van der Waals surface area (Å²) in [5.74, 6) is -2.11. The van der Waals surface area contributed by atoms with Gasteiger partial charge in [-0.25, -0.2) is 8.78 Å². The van der Waals surface area contributed by atoms with Gasteiger partial charge in [0.1, 0.15) is 11.6 Å². The van der Waals surface area contributed by atoms with Gasteiger partial charge in [-0.3, -0.25) is 4.79 Å². The van der Waals surface area contributed by atoms with Gasteiger partial charge in [0.15, 0.2) is 5.78 Å². The molecule has 5 heteroatoms. The molecule has 0 amide bonds. The summed E-state index contributed by atoms with van der Waals surface area (Å²) in [4.78, 5) is 12.0. The molecule has 2 rings (SSSR count). The van der Waals surface area contributed by atoms with Crippen molar-refractivity contribution in [1.29, 1.82) is 0 Å². The monoisotopic (exact) mass is 304 g/mol. The maximum Gasteiger partial charge on any atom is 0.171 e. The van der Waals surface area contributed by atoms with Gasteiger partial charge >= 0.3 is 0 Å². The van der Waals surface area contributed by atoms with Crippen LogP contribution in [0.25, 0.3) is 0 Å². The van der Waals surface area contributed by atoms with Crippen molar-refractivity contribution in [3.63, 3.8) is 0 Å². The third-order valence-corrected chi connectivity index (χ3v) is 3.45. The van der Waals surface area contributed by atoms with E-state index in [4.69, 9.17) is 4.74 Å². The molecule has 1 aromatic rings. The number of ether oxygens (including phenoxy) is 1. The van der Waals surface area contributed by atoms with E-state index in [1.165, 1.54) is 0 Å². The summed E-state index contributed by atoms with van der Waals surface area (Å²) in [7, 11) is 0. The second-order valence-corrected chi connectivity index (χ2v) is 5.04. The molecule has 92 valence electrons. The zero-order valence-electron chi connectivity index (χ0n) is 9.17. The Morgan fingerprint density at radius 3 is 2.71 bits per heavy atom. The molecule has 0 aliphatic carbocycles. The molecule has 0 bridgehead atoms. The fourth-order valence-electron chi connectivity index (χ4n) is 1.93. The third kappa shape index (κ3) is 2.55. The van der Waals surface area contributed by atoms with Crippen LogP contribution in [0.4, 0.5) is 8.78 Å². The van der Waals surface area contributed by atoms with Crippen LogP contribution in [0.5, 0.6) is 0 Å². The predicted octanol–water partition coefficient (Wildman–Crippen LogP) is 3.34. The Labute approximate surface area is 106 Å². The number of carbonyl (C=O) groups excluding carboxylic acids is 1. The number of hydrogen-bond donors (Lipinski definition) is 0. The molecule has 1 heterocycles. The molecular formula is C12H11BrF2O2. The van der Waals surface area contributed by atoms with Gasteiger partial charge in [-0.15, -0.1) is 0 Å². The van der Waals surface area contributed by atoms with Crippen LogP contribution in [0, 0.1) is 17.6 Å². The number of rotatable bonds is 2. The van der Waals surface area contributed by atoms with Gasteiger partial charge in [0.05, 0.1) is 22.7 Å². The summed E-state index contributed by atoms with van der Waals surface area (Å²) in [6.07, 6.45) is 0.544. The van der Waals surface area contributed by atoms with Gasteiger partial charge in [-0.2, -0.15) is 0 Å². The van der Waals surface area contributed by atoms with Gasteiger partial charge in [-0.1, -0.05) is 0 Å². The molecule has 1 aromatic carbocycles. The normalized spacial score (nSPS) is 24.0. The molecule has 0 radical (unpaired) electrons. The maximum atomic E-state index is 13.6. The topological polar surface area (TPSA) is 26.3 Å². The van der Waals surface area contributed by atoms with E-state index in [1.807, 2.05) is 6.92 Å². The highest BCUT2D eigenvalue weighted by Gasteiger charge is 2.30. The van der Waals surface area contributed by atoms with Crippen LogP contribution < -0.4 is 0 Å². The molecule has 2 nitrogen and oxygen atoms in total. The van der Waals surface area contributed by atoms with Crippen molar-refractivity contribution >= 4 is 21.7 Å². The van der Waals surface area contributed by atoms with E-state index in [0.717, 1.165) is 12.1 Å². The summed E-state index contributed by atoms with van der Waals surface area (Å²) >= 11 is 2.87. The smallest absolute Gasteiger partial charge is 0.171 e. The predicted molar refractivity (Wildman–Crippen MR) is 61.9 cm³/mol. The van der Waals surface area contributed by atoms with Crippen molar-refractivity contribution in [2.24, 2.45) is 5.92 Å². The fourth-order valence-corrected chi connectivity index (χ4v) is 2.25. The second-order valence-electron chi connectivity index (χ2n) is 4.19. The minimum atomic E-state index is -0.706. The molecule has 1 saturated heterocycles. The highest BCUT2D eigenvalue weighted by molar-refractivity contribution is 9.10. The highest BCUT2D eigenvalue weighted by Crippen LogP contribution is 2.26. The largest absolute Gasteiger partial charge is 0.378 e. The van der Waals surface area contributed by atoms with Crippen LogP contribution in [-0.4, -0.2) is 18.5 Å². The molecular weight excluding hydrogens is 294 g/mol. The Balaban J connectivity index is 2.28. The lowest BCUT2D eigenvalue weighted by Crippen LogP contribution is -2.16. The Kier molecular flexibility index (Phi) is 3.58. The minimum absolute atomic E-state index is 0.00712. The quantitative estimate of drug-likeness (QED) is 0.619. The van der Waals surface area contributed by atoms with Crippen molar-refractivity contribution < 1.29 is 18.3 Å². The molecule has 2 unspecified atom stereocenters. The molecule has 1 aliphatic heterocycles. The summed E-state index contributed by atoms with van der Waals surface area (Å²) in [5.41, 5.74) is -0.201. The lowest BCUT2D eigenvalue weighted by molar-refractivity contribution is 0.0873. The Morgan fingerprint density at radius 1 is 1.41 bits per heavy atom. The van der Waals surface area contributed by atoms with Gasteiger partial charge in [0.2, 0.25) is 0 Å². The first-order valence-electron chi connectivity index (χ1n) is 5.29. The van der Waals surface area contributed by atoms with E-state index >= 15 is 0 Å². The highest BCUT2D eigenvalue weighted by atomic mass is 79.9. The van der Waals surface area contributed by atoms with Crippen LogP contribution in [0.1, 0.15) is 23.7 Å². The lowest BCUT2D eigenvalue weighted by atomic mass is 9.95. The van der Waals surface area contributed by atoms with Crippen LogP contribution in [-0.2, 0) is 4.74 Å². The van der Waals surface area contributed by atoms with E-state index in [1.54, 1.807) is 0 Å². The number of halogens is 3. The van der Waals surface area contributed by atoms with Crippen LogP contribution in [0.15, 0.2) is 16.6 Å². The zero-order chi connectivity index (χ0) is 12.6. The molecule has 1 aliphatic rings. The molecule has 1 fully saturated rings. The first kappa shape index (κ1) is 12.6. The van der Waals surface area contributed by atoms with Gasteiger partial charge in [0, 0.05) is 5.92 Å². The van der Waals surface area contributed by atoms with E-state index in [2.05, 4.69) is 15.9 Å². The first-order chi connectivity index (χ1) is 7.99. The molecule has 17 heavy (non-hydrogen) atoms. The number of carbonyl (C=O) groups is 1. The number of hydrogen-bond acceptors (Lipinski definition) is 2. The van der Waals surface area contributed by atoms with E-state index < -0.39 is 17.4 Å². The Bertz CT molecular complexity index is 462. The van der Waals surface area contributed by atoms with E-state index in [0.29, 0.717) is 6.42 Å². The average Bonchev–Trinajstić information content (AvgIpc) is 2.69. The van der Waals surface area contributed by atoms with Crippen LogP contribution >= 0.6 is 15.9 Å². The van der Waals surface area contributed by atoms with Gasteiger partial charge in [-0.05, 0) is 41.4 Å². The SMILES string of the molecule is CC1CC(C(=O)c2cc(F)c(Br)cc2F)CO1. The summed E-state index contributed by atoms with van der Waals surface area (Å²) in [5, 5.41) is 0. The maximum absolute atomic E-state index is 13.6. The minimum Gasteiger partial charge on any atom is -0.378 e. The summed E-state index contributed by atoms with van der Waals surface area (Å²) < 4.78 is 32.1. The Morgan fingerprint density at radius 2 is 2.12 bits per heavy atom. The van der Waals surface area contributed by atoms with Crippen LogP contribution in [0.2, 0.25) is 0 Å². The first-order valence-corrected chi connectivity index (χ1v) is 6.08. The second kappa shape index (κ2) is 4.82. The van der Waals surface area contributed by atoms with Gasteiger partial charge in [0.25, 0.3) is 0 Å². The third-order valence-electron chi connectivity index (χ3n) is 2.84. The number of ketones is 1. The van der Waals surface area contributed by atoms with E-state index in [9.17, 15) is 13.6 Å². The van der Waals surface area contributed by atoms with Crippen molar-refractivity contribution in [3.8, 4) is 0 Å². The Hall–Kier alpha value is -0.810. The molecule has 0 aromatic heterocycles. The average molecular weight is 305 g/mol. The van der Waals surface area contributed by atoms with Crippen LogP contribution in [0.3, 0.4) is 0 Å². The standard InChI is InChI=1S/C12H11BrF2O2/c1-6-2-7(5-17-6)12(16)8-3-11(15)9(13)4-10(8)14/h3-4,6-7H,2,5H2,1H3. The lowest BCUT2D eigenvalue weighted by Gasteiger charge is -2.08. The number of benzene rings is 1. The zero-order valence-corrected chi connectivity index (χ0v) is 10.8. The molecule has 0 spiro atoms. The molecule has 0 N–H and O–H groups in total. The summed E-state index contributed by atoms with van der Waals surface area (Å²) in [6.45, 7) is 2.13. The van der Waals surface area contributed by atoms with Crippen molar-refractivity contribution in [1.82, 2.24) is 0 Å². The fraction of sp³-hybridized carbons (Fsp3) is 0.417. The van der Waals surface area contributed by atoms with Crippen molar-refractivity contribution in [3.05, 3.63) is 33.8 Å². The molecule has 2 atom stereocenters. The van der Waals surface area contributed by atoms with E-state index in [-0.39, 0.29) is 28.7 Å². The number of Topliss-reactive ketones (excluding diaryl/α,β-unsaturated/α-hetero) is 1. The summed E-state index contributed by atoms with van der Waals surface area (Å²) in [6, 6.07) is 1.91. The molecule has 0 saturated carbocycles.